The maximum absolute atomic E-state index is 4.77. The van der Waals surface area contributed by atoms with Crippen LogP contribution in [0.1, 0.15) is 62.2 Å². The Bertz CT molecular complexity index is 428. The van der Waals surface area contributed by atoms with Crippen molar-refractivity contribution in [3.63, 3.8) is 0 Å². The summed E-state index contributed by atoms with van der Waals surface area (Å²) in [6.07, 6.45) is 2.75. The van der Waals surface area contributed by atoms with Crippen LogP contribution in [0, 0.1) is 12.8 Å². The molecule has 1 aromatic heterocycles. The molecule has 0 bridgehead atoms. The number of nitrogens with zero attached hydrogens (tertiary/aromatic N) is 1. The Morgan fingerprint density at radius 3 is 2.50 bits per heavy atom. The molecule has 4 heteroatoms. The highest BCUT2D eigenvalue weighted by Crippen LogP contribution is 2.32. The summed E-state index contributed by atoms with van der Waals surface area (Å²) in [6, 6.07) is 0.429. The predicted molar refractivity (Wildman–Crippen MR) is 92.0 cm³/mol. The lowest BCUT2D eigenvalue weighted by atomic mass is 9.98. The first-order valence-corrected chi connectivity index (χ1v) is 9.64. The lowest BCUT2D eigenvalue weighted by Crippen LogP contribution is -2.27. The molecular weight excluding hydrogens is 284 g/mol. The largest absolute Gasteiger partial charge is 0.309 e. The zero-order chi connectivity index (χ0) is 14.8. The second kappa shape index (κ2) is 6.80. The Morgan fingerprint density at radius 1 is 1.30 bits per heavy atom. The third-order valence-corrected chi connectivity index (χ3v) is 6.74. The number of hydrogen-bond donors (Lipinski definition) is 1. The highest BCUT2D eigenvalue weighted by molar-refractivity contribution is 7.99. The molecule has 1 N–H and O–H groups in total. The van der Waals surface area contributed by atoms with Gasteiger partial charge in [0.05, 0.1) is 10.7 Å². The van der Waals surface area contributed by atoms with Crippen molar-refractivity contribution in [2.75, 3.05) is 18.1 Å². The lowest BCUT2D eigenvalue weighted by molar-refractivity contribution is 0.422. The highest BCUT2D eigenvalue weighted by atomic mass is 32.2. The zero-order valence-electron chi connectivity index (χ0n) is 13.5. The van der Waals surface area contributed by atoms with Crippen LogP contribution in [0.3, 0.4) is 0 Å². The van der Waals surface area contributed by atoms with Crippen molar-refractivity contribution in [1.29, 1.82) is 0 Å². The normalized spacial score (nSPS) is 19.2. The minimum Gasteiger partial charge on any atom is -0.309 e. The van der Waals surface area contributed by atoms with Gasteiger partial charge in [-0.25, -0.2) is 4.98 Å². The molecule has 1 unspecified atom stereocenters. The fourth-order valence-corrected chi connectivity index (χ4v) is 4.87. The quantitative estimate of drug-likeness (QED) is 0.883. The Morgan fingerprint density at radius 2 is 1.95 bits per heavy atom. The molecule has 2 rings (SSSR count). The predicted octanol–water partition coefficient (Wildman–Crippen LogP) is 4.54. The molecule has 1 saturated heterocycles. The second-order valence-corrected chi connectivity index (χ2v) is 9.16. The van der Waals surface area contributed by atoms with Gasteiger partial charge in [-0.3, -0.25) is 0 Å². The van der Waals surface area contributed by atoms with Gasteiger partial charge < -0.3 is 5.32 Å². The highest BCUT2D eigenvalue weighted by Gasteiger charge is 2.23. The molecule has 1 aliphatic heterocycles. The van der Waals surface area contributed by atoms with Gasteiger partial charge in [-0.1, -0.05) is 20.8 Å². The van der Waals surface area contributed by atoms with Gasteiger partial charge in [0.2, 0.25) is 0 Å². The average Bonchev–Trinajstić information content (AvgIpc) is 2.79. The summed E-state index contributed by atoms with van der Waals surface area (Å²) in [5.41, 5.74) is 1.37. The van der Waals surface area contributed by atoms with Gasteiger partial charge in [0.25, 0.3) is 0 Å². The molecule has 1 aliphatic rings. The third-order valence-electron chi connectivity index (χ3n) is 3.92. The number of nitrogens with one attached hydrogen (secondary N) is 1. The molecule has 0 aromatic carbocycles. The van der Waals surface area contributed by atoms with Crippen LogP contribution in [0.25, 0.3) is 0 Å². The van der Waals surface area contributed by atoms with Crippen molar-refractivity contribution >= 4 is 23.1 Å². The van der Waals surface area contributed by atoms with Crippen molar-refractivity contribution in [2.24, 2.45) is 5.92 Å². The van der Waals surface area contributed by atoms with Gasteiger partial charge >= 0.3 is 0 Å². The van der Waals surface area contributed by atoms with Gasteiger partial charge in [-0.15, -0.1) is 11.3 Å². The van der Waals surface area contributed by atoms with Crippen LogP contribution >= 0.6 is 23.1 Å². The van der Waals surface area contributed by atoms with Crippen LogP contribution in [0.5, 0.6) is 0 Å². The molecule has 0 radical (unpaired) electrons. The third kappa shape index (κ3) is 4.22. The van der Waals surface area contributed by atoms with E-state index in [0.717, 1.165) is 12.5 Å². The lowest BCUT2D eigenvalue weighted by Gasteiger charge is -2.23. The summed E-state index contributed by atoms with van der Waals surface area (Å²) in [5, 5.41) is 4.99. The molecule has 20 heavy (non-hydrogen) atoms. The van der Waals surface area contributed by atoms with E-state index in [2.05, 4.69) is 51.7 Å². The Kier molecular flexibility index (Phi) is 5.55. The number of thiazole rings is 1. The molecule has 0 saturated carbocycles. The maximum Gasteiger partial charge on any atom is 0.0985 e. The van der Waals surface area contributed by atoms with Crippen LogP contribution < -0.4 is 5.32 Å². The molecule has 2 heterocycles. The van der Waals surface area contributed by atoms with Crippen molar-refractivity contribution in [3.8, 4) is 0 Å². The zero-order valence-corrected chi connectivity index (χ0v) is 15.1. The summed E-state index contributed by atoms with van der Waals surface area (Å²) in [5.74, 6) is 3.55. The number of aryl methyl sites for hydroxylation is 1. The topological polar surface area (TPSA) is 24.9 Å². The number of thioether (sulfide) groups is 1. The first-order valence-electron chi connectivity index (χ1n) is 7.67. The average molecular weight is 313 g/mol. The summed E-state index contributed by atoms with van der Waals surface area (Å²) >= 11 is 3.99. The molecule has 114 valence electrons. The molecular formula is C16H28N2S2. The van der Waals surface area contributed by atoms with E-state index in [1.807, 2.05) is 11.3 Å². The number of rotatable bonds is 4. The Hall–Kier alpha value is -0.0600. The molecule has 1 fully saturated rings. The fraction of sp³-hybridized carbons (Fsp3) is 0.812. The van der Waals surface area contributed by atoms with Gasteiger partial charge in [0, 0.05) is 16.3 Å². The molecule has 2 nitrogen and oxygen atoms in total. The van der Waals surface area contributed by atoms with Gasteiger partial charge in [-0.2, -0.15) is 11.8 Å². The Balaban J connectivity index is 1.94. The van der Waals surface area contributed by atoms with Crippen LogP contribution in [0.15, 0.2) is 0 Å². The molecule has 0 aliphatic carbocycles. The molecule has 1 aromatic rings. The minimum atomic E-state index is 0.161. The van der Waals surface area contributed by atoms with Gasteiger partial charge in [0.15, 0.2) is 0 Å². The first-order chi connectivity index (χ1) is 9.38. The standard InChI is InChI=1S/C16H28N2S2/c1-11(17-10-13-6-8-19-9-7-13)14-12(2)18-15(20-14)16(3,4)5/h11,13,17H,6-10H2,1-5H3. The van der Waals surface area contributed by atoms with Crippen LogP contribution in [0.4, 0.5) is 0 Å². The molecule has 0 amide bonds. The summed E-state index contributed by atoms with van der Waals surface area (Å²) in [7, 11) is 0. The van der Waals surface area contributed by atoms with Crippen molar-refractivity contribution in [2.45, 2.75) is 58.9 Å². The monoisotopic (exact) mass is 312 g/mol. The number of hydrogen-bond acceptors (Lipinski definition) is 4. The smallest absolute Gasteiger partial charge is 0.0985 e. The van der Waals surface area contributed by atoms with Crippen LogP contribution in [0.2, 0.25) is 0 Å². The van der Waals surface area contributed by atoms with E-state index in [1.165, 1.54) is 39.9 Å². The van der Waals surface area contributed by atoms with Crippen molar-refractivity contribution < 1.29 is 0 Å². The number of aromatic nitrogens is 1. The van der Waals surface area contributed by atoms with E-state index in [4.69, 9.17) is 4.98 Å². The van der Waals surface area contributed by atoms with E-state index in [0.29, 0.717) is 6.04 Å². The summed E-state index contributed by atoms with van der Waals surface area (Å²) in [6.45, 7) is 12.3. The van der Waals surface area contributed by atoms with Crippen molar-refractivity contribution in [3.05, 3.63) is 15.6 Å². The molecule has 1 atom stereocenters. The maximum atomic E-state index is 4.77. The minimum absolute atomic E-state index is 0.161. The fourth-order valence-electron chi connectivity index (χ4n) is 2.52. The first kappa shape index (κ1) is 16.3. The molecule has 0 spiro atoms. The van der Waals surface area contributed by atoms with E-state index < -0.39 is 0 Å². The second-order valence-electron chi connectivity index (χ2n) is 6.90. The van der Waals surface area contributed by atoms with E-state index in [1.54, 1.807) is 0 Å². The summed E-state index contributed by atoms with van der Waals surface area (Å²) in [4.78, 5) is 6.19. The van der Waals surface area contributed by atoms with E-state index >= 15 is 0 Å². The van der Waals surface area contributed by atoms with E-state index in [9.17, 15) is 0 Å². The Labute approximate surface area is 132 Å². The summed E-state index contributed by atoms with van der Waals surface area (Å²) < 4.78 is 0. The van der Waals surface area contributed by atoms with E-state index in [-0.39, 0.29) is 5.41 Å². The van der Waals surface area contributed by atoms with Gasteiger partial charge in [-0.05, 0) is 50.7 Å². The SMILES string of the molecule is Cc1nc(C(C)(C)C)sc1C(C)NCC1CCSCC1. The van der Waals surface area contributed by atoms with Crippen LogP contribution in [-0.4, -0.2) is 23.0 Å². The van der Waals surface area contributed by atoms with Gasteiger partial charge in [0.1, 0.15) is 0 Å². The van der Waals surface area contributed by atoms with Crippen LogP contribution in [-0.2, 0) is 5.41 Å². The van der Waals surface area contributed by atoms with Crippen molar-refractivity contribution in [1.82, 2.24) is 10.3 Å².